The number of amides is 1. The standard InChI is InChI=1S/C13H20FN3O/c1-2-10(7-8-15)3-6-13(18)17-11-4-5-12(14)16-9-11/h4-5,9-10H,2-3,6-8,15H2,1H3,(H,17,18). The number of carbonyl (C=O) groups is 1. The van der Waals surface area contributed by atoms with E-state index in [0.29, 0.717) is 24.6 Å². The van der Waals surface area contributed by atoms with Gasteiger partial charge >= 0.3 is 0 Å². The highest BCUT2D eigenvalue weighted by atomic mass is 19.1. The van der Waals surface area contributed by atoms with E-state index in [9.17, 15) is 9.18 Å². The van der Waals surface area contributed by atoms with Gasteiger partial charge in [0.1, 0.15) is 0 Å². The SMILES string of the molecule is CCC(CCN)CCC(=O)Nc1ccc(F)nc1. The van der Waals surface area contributed by atoms with Crippen LogP contribution in [-0.4, -0.2) is 17.4 Å². The molecule has 0 aliphatic heterocycles. The van der Waals surface area contributed by atoms with E-state index in [1.165, 1.54) is 18.3 Å². The summed E-state index contributed by atoms with van der Waals surface area (Å²) in [5.74, 6) is -0.132. The van der Waals surface area contributed by atoms with E-state index in [4.69, 9.17) is 5.73 Å². The van der Waals surface area contributed by atoms with Gasteiger partial charge in [-0.05, 0) is 37.4 Å². The molecule has 1 atom stereocenters. The number of hydrogen-bond acceptors (Lipinski definition) is 3. The van der Waals surface area contributed by atoms with Crippen LogP contribution in [0.2, 0.25) is 0 Å². The number of rotatable bonds is 7. The first-order valence-electron chi connectivity index (χ1n) is 6.27. The molecule has 4 nitrogen and oxygen atoms in total. The lowest BCUT2D eigenvalue weighted by Gasteiger charge is -2.13. The highest BCUT2D eigenvalue weighted by molar-refractivity contribution is 5.90. The van der Waals surface area contributed by atoms with Crippen molar-refractivity contribution in [3.8, 4) is 0 Å². The van der Waals surface area contributed by atoms with Crippen molar-refractivity contribution < 1.29 is 9.18 Å². The Hall–Kier alpha value is -1.49. The van der Waals surface area contributed by atoms with Gasteiger partial charge in [0, 0.05) is 6.42 Å². The summed E-state index contributed by atoms with van der Waals surface area (Å²) in [5, 5.41) is 2.69. The number of nitrogens with one attached hydrogen (secondary N) is 1. The lowest BCUT2D eigenvalue weighted by Crippen LogP contribution is -2.15. The number of carbonyl (C=O) groups excluding carboxylic acids is 1. The van der Waals surface area contributed by atoms with Crippen LogP contribution in [-0.2, 0) is 4.79 Å². The predicted molar refractivity (Wildman–Crippen MR) is 69.5 cm³/mol. The monoisotopic (exact) mass is 253 g/mol. The molecule has 18 heavy (non-hydrogen) atoms. The second-order valence-electron chi connectivity index (χ2n) is 4.31. The Morgan fingerprint density at radius 3 is 2.83 bits per heavy atom. The molecule has 100 valence electrons. The van der Waals surface area contributed by atoms with Gasteiger partial charge < -0.3 is 11.1 Å². The Morgan fingerprint density at radius 2 is 2.28 bits per heavy atom. The Morgan fingerprint density at radius 1 is 1.50 bits per heavy atom. The molecule has 0 saturated carbocycles. The third-order valence-electron chi connectivity index (χ3n) is 2.94. The van der Waals surface area contributed by atoms with Gasteiger partial charge in [0.05, 0.1) is 11.9 Å². The number of hydrogen-bond donors (Lipinski definition) is 2. The largest absolute Gasteiger partial charge is 0.330 e. The summed E-state index contributed by atoms with van der Waals surface area (Å²) in [4.78, 5) is 15.1. The normalized spacial score (nSPS) is 12.2. The van der Waals surface area contributed by atoms with Crippen LogP contribution < -0.4 is 11.1 Å². The summed E-state index contributed by atoms with van der Waals surface area (Å²) in [7, 11) is 0. The van der Waals surface area contributed by atoms with Crippen molar-refractivity contribution >= 4 is 11.6 Å². The van der Waals surface area contributed by atoms with Crippen molar-refractivity contribution in [3.63, 3.8) is 0 Å². The first kappa shape index (κ1) is 14.6. The number of halogens is 1. The van der Waals surface area contributed by atoms with Crippen molar-refractivity contribution in [3.05, 3.63) is 24.3 Å². The molecule has 1 amide bonds. The molecule has 5 heteroatoms. The maximum Gasteiger partial charge on any atom is 0.224 e. The summed E-state index contributed by atoms with van der Waals surface area (Å²) < 4.78 is 12.6. The smallest absolute Gasteiger partial charge is 0.224 e. The number of pyridine rings is 1. The minimum absolute atomic E-state index is 0.0705. The van der Waals surface area contributed by atoms with E-state index in [2.05, 4.69) is 17.2 Å². The molecule has 0 spiro atoms. The maximum absolute atomic E-state index is 12.6. The van der Waals surface area contributed by atoms with Crippen LogP contribution in [0.3, 0.4) is 0 Å². The van der Waals surface area contributed by atoms with Crippen LogP contribution in [0.4, 0.5) is 10.1 Å². The second-order valence-corrected chi connectivity index (χ2v) is 4.31. The molecule has 1 rings (SSSR count). The second kappa shape index (κ2) is 7.76. The summed E-state index contributed by atoms with van der Waals surface area (Å²) in [6.45, 7) is 2.75. The minimum atomic E-state index is -0.554. The minimum Gasteiger partial charge on any atom is -0.330 e. The van der Waals surface area contributed by atoms with Crippen molar-refractivity contribution in [2.75, 3.05) is 11.9 Å². The van der Waals surface area contributed by atoms with Gasteiger partial charge in [-0.3, -0.25) is 4.79 Å². The third-order valence-corrected chi connectivity index (χ3v) is 2.94. The number of anilines is 1. The lowest BCUT2D eigenvalue weighted by molar-refractivity contribution is -0.116. The third kappa shape index (κ3) is 5.23. The molecule has 0 saturated heterocycles. The molecule has 0 aliphatic rings. The Balaban J connectivity index is 2.35. The summed E-state index contributed by atoms with van der Waals surface area (Å²) >= 11 is 0. The summed E-state index contributed by atoms with van der Waals surface area (Å²) in [6, 6.07) is 2.72. The molecule has 0 bridgehead atoms. The number of nitrogens with two attached hydrogens (primary N) is 1. The quantitative estimate of drug-likeness (QED) is 0.733. The summed E-state index contributed by atoms with van der Waals surface area (Å²) in [6.07, 6.45) is 4.57. The summed E-state index contributed by atoms with van der Waals surface area (Å²) in [5.41, 5.74) is 6.03. The average molecular weight is 253 g/mol. The van der Waals surface area contributed by atoms with Crippen molar-refractivity contribution in [2.45, 2.75) is 32.6 Å². The zero-order valence-electron chi connectivity index (χ0n) is 10.7. The van der Waals surface area contributed by atoms with Gasteiger partial charge in [-0.25, -0.2) is 4.98 Å². The molecule has 1 aromatic rings. The Bertz CT molecular complexity index is 367. The zero-order valence-corrected chi connectivity index (χ0v) is 10.7. The molecule has 0 aromatic carbocycles. The average Bonchev–Trinajstić information content (AvgIpc) is 2.37. The predicted octanol–water partition coefficient (Wildman–Crippen LogP) is 2.31. The van der Waals surface area contributed by atoms with Gasteiger partial charge in [0.2, 0.25) is 11.9 Å². The van der Waals surface area contributed by atoms with E-state index in [1.807, 2.05) is 0 Å². The first-order valence-corrected chi connectivity index (χ1v) is 6.27. The van der Waals surface area contributed by atoms with E-state index >= 15 is 0 Å². The molecule has 1 unspecified atom stereocenters. The van der Waals surface area contributed by atoms with Crippen LogP contribution in [0.1, 0.15) is 32.6 Å². The number of aromatic nitrogens is 1. The van der Waals surface area contributed by atoms with Crippen LogP contribution in [0.5, 0.6) is 0 Å². The Kier molecular flexibility index (Phi) is 6.28. The van der Waals surface area contributed by atoms with E-state index in [1.54, 1.807) is 0 Å². The van der Waals surface area contributed by atoms with Crippen LogP contribution >= 0.6 is 0 Å². The van der Waals surface area contributed by atoms with Crippen molar-refractivity contribution in [1.29, 1.82) is 0 Å². The molecule has 1 aromatic heterocycles. The molecule has 0 radical (unpaired) electrons. The van der Waals surface area contributed by atoms with Crippen LogP contribution in [0.25, 0.3) is 0 Å². The highest BCUT2D eigenvalue weighted by Crippen LogP contribution is 2.15. The van der Waals surface area contributed by atoms with Crippen molar-refractivity contribution in [1.82, 2.24) is 4.98 Å². The Labute approximate surface area is 107 Å². The molecular formula is C13H20FN3O. The fourth-order valence-electron chi connectivity index (χ4n) is 1.80. The maximum atomic E-state index is 12.6. The molecule has 0 fully saturated rings. The van der Waals surface area contributed by atoms with Gasteiger partial charge in [0.15, 0.2) is 0 Å². The fourth-order valence-corrected chi connectivity index (χ4v) is 1.80. The highest BCUT2D eigenvalue weighted by Gasteiger charge is 2.09. The van der Waals surface area contributed by atoms with E-state index < -0.39 is 5.95 Å². The van der Waals surface area contributed by atoms with Gasteiger partial charge in [-0.2, -0.15) is 4.39 Å². The van der Waals surface area contributed by atoms with Gasteiger partial charge in [-0.1, -0.05) is 13.3 Å². The van der Waals surface area contributed by atoms with Gasteiger partial charge in [-0.15, -0.1) is 0 Å². The molecule has 1 heterocycles. The molecular weight excluding hydrogens is 233 g/mol. The lowest BCUT2D eigenvalue weighted by atomic mass is 9.96. The molecule has 0 aliphatic carbocycles. The number of nitrogens with zero attached hydrogens (tertiary/aromatic N) is 1. The zero-order chi connectivity index (χ0) is 13.4. The van der Waals surface area contributed by atoms with E-state index in [0.717, 1.165) is 19.3 Å². The molecule has 3 N–H and O–H groups in total. The van der Waals surface area contributed by atoms with Crippen molar-refractivity contribution in [2.24, 2.45) is 11.7 Å². The topological polar surface area (TPSA) is 68.0 Å². The van der Waals surface area contributed by atoms with E-state index in [-0.39, 0.29) is 5.91 Å². The van der Waals surface area contributed by atoms with Gasteiger partial charge in [0.25, 0.3) is 0 Å². The van der Waals surface area contributed by atoms with Crippen LogP contribution in [0.15, 0.2) is 18.3 Å². The fraction of sp³-hybridized carbons (Fsp3) is 0.538. The first-order chi connectivity index (χ1) is 8.65. The van der Waals surface area contributed by atoms with Crippen LogP contribution in [0, 0.1) is 11.9 Å².